The summed E-state index contributed by atoms with van der Waals surface area (Å²) in [6.07, 6.45) is 1.53. The maximum Gasteiger partial charge on any atom is 0.233 e. The summed E-state index contributed by atoms with van der Waals surface area (Å²) in [6, 6.07) is 7.63. The highest BCUT2D eigenvalue weighted by atomic mass is 16.7. The van der Waals surface area contributed by atoms with Crippen molar-refractivity contribution >= 4 is 11.4 Å². The quantitative estimate of drug-likeness (QED) is 0.348. The molecule has 0 amide bonds. The molecule has 7 nitrogen and oxygen atoms in total. The molecule has 1 heterocycles. The minimum absolute atomic E-state index is 0.0598. The number of hydrogen-bond acceptors (Lipinski definition) is 4. The molecule has 0 aliphatic carbocycles. The van der Waals surface area contributed by atoms with Gasteiger partial charge in [0.1, 0.15) is 6.10 Å². The Bertz CT molecular complexity index is 640. The molecule has 0 radical (unpaired) electrons. The van der Waals surface area contributed by atoms with Gasteiger partial charge in [-0.05, 0) is 39.8 Å². The molecule has 0 atom stereocenters. The van der Waals surface area contributed by atoms with Gasteiger partial charge in [0.05, 0.1) is 23.6 Å². The smallest absolute Gasteiger partial charge is 0.233 e. The van der Waals surface area contributed by atoms with Crippen molar-refractivity contribution < 1.29 is 9.81 Å². The minimum atomic E-state index is -0.305. The minimum Gasteiger partial charge on any atom is -0.569 e. The normalized spacial score (nSPS) is 16.4. The number of anilines is 1. The summed E-state index contributed by atoms with van der Waals surface area (Å²) in [5.41, 5.74) is 1.40. The third-order valence-electron chi connectivity index (χ3n) is 4.31. The van der Waals surface area contributed by atoms with E-state index in [2.05, 4.69) is 15.0 Å². The zero-order valence-corrected chi connectivity index (χ0v) is 15.5. The van der Waals surface area contributed by atoms with Crippen LogP contribution in [0.5, 0.6) is 0 Å². The van der Waals surface area contributed by atoms with Crippen LogP contribution in [-0.4, -0.2) is 41.3 Å². The first-order chi connectivity index (χ1) is 11.8. The third kappa shape index (κ3) is 4.99. The predicted molar refractivity (Wildman–Crippen MR) is 97.2 cm³/mol. The fourth-order valence-corrected chi connectivity index (χ4v) is 2.98. The second-order valence-electron chi connectivity index (χ2n) is 7.14. The van der Waals surface area contributed by atoms with Crippen LogP contribution in [-0.2, 0) is 4.84 Å². The highest BCUT2D eigenvalue weighted by molar-refractivity contribution is 5.58. The fraction of sp³-hybridized carbons (Fsp3) is 0.611. The van der Waals surface area contributed by atoms with Crippen molar-refractivity contribution in [2.24, 2.45) is 5.28 Å². The summed E-state index contributed by atoms with van der Waals surface area (Å²) >= 11 is 0. The van der Waals surface area contributed by atoms with Crippen molar-refractivity contribution in [2.75, 3.05) is 24.5 Å². The van der Waals surface area contributed by atoms with Crippen LogP contribution in [0.2, 0.25) is 0 Å². The van der Waals surface area contributed by atoms with E-state index in [0.29, 0.717) is 17.2 Å². The van der Waals surface area contributed by atoms with Crippen molar-refractivity contribution in [2.45, 2.75) is 52.2 Å². The van der Waals surface area contributed by atoms with Gasteiger partial charge in [-0.2, -0.15) is 0 Å². The third-order valence-corrected chi connectivity index (χ3v) is 4.31. The SMILES string of the molecule is [C-]#[N+]c1cccc(N2CCC(O/N=[N+](\[O-])N(CC)C(C)(C)C)CC2)c1. The molecule has 1 aliphatic rings. The van der Waals surface area contributed by atoms with E-state index in [4.69, 9.17) is 11.4 Å². The van der Waals surface area contributed by atoms with Gasteiger partial charge in [-0.1, -0.05) is 12.1 Å². The molecule has 2 rings (SSSR count). The molecule has 136 valence electrons. The predicted octanol–water partition coefficient (Wildman–Crippen LogP) is 4.14. The Kier molecular flexibility index (Phi) is 6.07. The van der Waals surface area contributed by atoms with Crippen LogP contribution >= 0.6 is 0 Å². The van der Waals surface area contributed by atoms with E-state index in [1.807, 2.05) is 52.0 Å². The van der Waals surface area contributed by atoms with E-state index in [1.165, 1.54) is 0 Å². The van der Waals surface area contributed by atoms with Gasteiger partial charge in [-0.3, -0.25) is 0 Å². The van der Waals surface area contributed by atoms with E-state index < -0.39 is 0 Å². The average molecular weight is 345 g/mol. The van der Waals surface area contributed by atoms with E-state index in [-0.39, 0.29) is 11.6 Å². The Labute approximate surface area is 149 Å². The molecule has 0 spiro atoms. The van der Waals surface area contributed by atoms with Gasteiger partial charge in [0.15, 0.2) is 5.69 Å². The fourth-order valence-electron chi connectivity index (χ4n) is 2.98. The Morgan fingerprint density at radius 3 is 2.64 bits per heavy atom. The lowest BCUT2D eigenvalue weighted by molar-refractivity contribution is -0.725. The molecular formula is C18H27N5O2. The topological polar surface area (TPSA) is 58.5 Å². The Balaban J connectivity index is 1.90. The average Bonchev–Trinajstić information content (AvgIpc) is 2.60. The van der Waals surface area contributed by atoms with Crippen molar-refractivity contribution in [1.82, 2.24) is 5.01 Å². The number of benzene rings is 1. The number of hydrazine groups is 1. The number of rotatable bonds is 5. The molecule has 1 saturated heterocycles. The molecule has 1 aromatic rings. The largest absolute Gasteiger partial charge is 0.569 e. The van der Waals surface area contributed by atoms with Crippen molar-refractivity contribution in [3.8, 4) is 0 Å². The van der Waals surface area contributed by atoms with Crippen LogP contribution in [0.4, 0.5) is 11.4 Å². The second kappa shape index (κ2) is 8.06. The zero-order chi connectivity index (χ0) is 18.4. The second-order valence-corrected chi connectivity index (χ2v) is 7.14. The van der Waals surface area contributed by atoms with Crippen molar-refractivity contribution in [3.05, 3.63) is 40.9 Å². The Hall–Kier alpha value is -2.49. The molecule has 0 N–H and O–H groups in total. The molecule has 1 fully saturated rings. The standard InChI is InChI=1S/C18H27N5O2/c1-6-22(18(2,3)4)23(24)20-25-17-10-12-21(13-11-17)16-9-7-8-15(14-16)19-5/h7-9,14,17H,6,10-13H2,1-4H3/b23-20-. The van der Waals surface area contributed by atoms with Gasteiger partial charge in [0.25, 0.3) is 0 Å². The molecule has 7 heteroatoms. The molecule has 0 aromatic heterocycles. The van der Waals surface area contributed by atoms with E-state index in [0.717, 1.165) is 31.6 Å². The molecule has 0 bridgehead atoms. The lowest BCUT2D eigenvalue weighted by atomic mass is 10.1. The monoisotopic (exact) mass is 345 g/mol. The summed E-state index contributed by atoms with van der Waals surface area (Å²) < 4.78 is 0. The van der Waals surface area contributed by atoms with E-state index in [1.54, 1.807) is 5.01 Å². The van der Waals surface area contributed by atoms with Crippen LogP contribution < -0.4 is 4.90 Å². The van der Waals surface area contributed by atoms with Gasteiger partial charge < -0.3 is 14.9 Å². The number of piperidine rings is 1. The van der Waals surface area contributed by atoms with Crippen LogP contribution in [0.3, 0.4) is 0 Å². The van der Waals surface area contributed by atoms with Gasteiger partial charge in [0.2, 0.25) is 5.28 Å². The van der Waals surface area contributed by atoms with E-state index >= 15 is 0 Å². The lowest BCUT2D eigenvalue weighted by Crippen LogP contribution is -2.45. The molecule has 1 aromatic carbocycles. The first kappa shape index (κ1) is 18.8. The van der Waals surface area contributed by atoms with Gasteiger partial charge in [0, 0.05) is 31.6 Å². The highest BCUT2D eigenvalue weighted by Crippen LogP contribution is 2.25. The van der Waals surface area contributed by atoms with Gasteiger partial charge in [-0.15, -0.1) is 5.01 Å². The zero-order valence-electron chi connectivity index (χ0n) is 15.5. The van der Waals surface area contributed by atoms with Gasteiger partial charge in [-0.25, -0.2) is 4.85 Å². The van der Waals surface area contributed by atoms with Crippen LogP contribution in [0.1, 0.15) is 40.5 Å². The molecular weight excluding hydrogens is 318 g/mol. The van der Waals surface area contributed by atoms with E-state index in [9.17, 15) is 5.21 Å². The molecule has 0 saturated carbocycles. The van der Waals surface area contributed by atoms with Crippen LogP contribution in [0.25, 0.3) is 4.85 Å². The maximum absolute atomic E-state index is 12.1. The Morgan fingerprint density at radius 2 is 2.08 bits per heavy atom. The maximum atomic E-state index is 12.1. The van der Waals surface area contributed by atoms with Crippen LogP contribution in [0.15, 0.2) is 29.5 Å². The number of hydrogen-bond donors (Lipinski definition) is 0. The summed E-state index contributed by atoms with van der Waals surface area (Å²) in [5, 5.41) is 17.5. The molecule has 25 heavy (non-hydrogen) atoms. The van der Waals surface area contributed by atoms with Crippen LogP contribution in [0, 0.1) is 11.8 Å². The van der Waals surface area contributed by atoms with Crippen molar-refractivity contribution in [3.63, 3.8) is 0 Å². The summed E-state index contributed by atoms with van der Waals surface area (Å²) in [6.45, 7) is 17.1. The first-order valence-corrected chi connectivity index (χ1v) is 8.69. The summed E-state index contributed by atoms with van der Waals surface area (Å²) in [5.74, 6) is 0. The molecule has 0 unspecified atom stereocenters. The number of nitrogens with zero attached hydrogens (tertiary/aromatic N) is 5. The summed E-state index contributed by atoms with van der Waals surface area (Å²) in [4.78, 5) is 11.7. The Morgan fingerprint density at radius 1 is 1.40 bits per heavy atom. The van der Waals surface area contributed by atoms with Crippen molar-refractivity contribution in [1.29, 1.82) is 0 Å². The lowest BCUT2D eigenvalue weighted by Gasteiger charge is -2.32. The highest BCUT2D eigenvalue weighted by Gasteiger charge is 2.28. The van der Waals surface area contributed by atoms with Gasteiger partial charge >= 0.3 is 0 Å². The molecule has 1 aliphatic heterocycles. The summed E-state index contributed by atoms with van der Waals surface area (Å²) in [7, 11) is 0. The first-order valence-electron chi connectivity index (χ1n) is 8.69.